The first-order chi connectivity index (χ1) is 10.6. The molecule has 6 heteroatoms. The molecule has 22 heavy (non-hydrogen) atoms. The molecule has 0 aliphatic carbocycles. The van der Waals surface area contributed by atoms with Crippen LogP contribution >= 0.6 is 22.9 Å². The number of hydrogen-bond donors (Lipinski definition) is 1. The van der Waals surface area contributed by atoms with E-state index in [0.717, 1.165) is 10.4 Å². The zero-order chi connectivity index (χ0) is 15.5. The number of halogens is 1. The molecule has 2 aromatic heterocycles. The molecule has 3 aromatic rings. The molecule has 0 radical (unpaired) electrons. The fourth-order valence-electron chi connectivity index (χ4n) is 2.01. The monoisotopic (exact) mass is 332 g/mol. The summed E-state index contributed by atoms with van der Waals surface area (Å²) in [4.78, 5) is 17.4. The average molecular weight is 333 g/mol. The molecule has 1 amide bonds. The number of nitrogens with zero attached hydrogens (tertiary/aromatic N) is 1. The smallest absolute Gasteiger partial charge is 0.273 e. The third kappa shape index (κ3) is 3.05. The maximum Gasteiger partial charge on any atom is 0.273 e. The lowest BCUT2D eigenvalue weighted by atomic mass is 10.2. The SMILES string of the molecule is Cc1oc(-c2cccs2)nc1C(=O)NCc1ccccc1Cl. The van der Waals surface area contributed by atoms with Gasteiger partial charge in [-0.15, -0.1) is 11.3 Å². The Labute approximate surface area is 136 Å². The Hall–Kier alpha value is -2.11. The van der Waals surface area contributed by atoms with Gasteiger partial charge in [0, 0.05) is 11.6 Å². The number of carbonyl (C=O) groups excluding carboxylic acids is 1. The Kier molecular flexibility index (Phi) is 4.27. The fourth-order valence-corrected chi connectivity index (χ4v) is 2.87. The predicted octanol–water partition coefficient (Wildman–Crippen LogP) is 4.29. The van der Waals surface area contributed by atoms with E-state index in [1.54, 1.807) is 13.0 Å². The molecule has 4 nitrogen and oxygen atoms in total. The van der Waals surface area contributed by atoms with Crippen LogP contribution in [0, 0.1) is 6.92 Å². The van der Waals surface area contributed by atoms with Gasteiger partial charge >= 0.3 is 0 Å². The van der Waals surface area contributed by atoms with Gasteiger partial charge in [-0.25, -0.2) is 4.98 Å². The van der Waals surface area contributed by atoms with Crippen LogP contribution in [0.2, 0.25) is 5.02 Å². The summed E-state index contributed by atoms with van der Waals surface area (Å²) in [6, 6.07) is 11.2. The Morgan fingerprint density at radius 2 is 2.14 bits per heavy atom. The van der Waals surface area contributed by atoms with Gasteiger partial charge in [0.15, 0.2) is 5.69 Å². The summed E-state index contributed by atoms with van der Waals surface area (Å²) in [5, 5.41) is 5.37. The first-order valence-electron chi connectivity index (χ1n) is 6.68. The van der Waals surface area contributed by atoms with E-state index in [4.69, 9.17) is 16.0 Å². The van der Waals surface area contributed by atoms with E-state index < -0.39 is 0 Å². The van der Waals surface area contributed by atoms with Gasteiger partial charge in [0.2, 0.25) is 5.89 Å². The van der Waals surface area contributed by atoms with Crippen molar-refractivity contribution in [1.82, 2.24) is 10.3 Å². The molecule has 112 valence electrons. The number of carbonyl (C=O) groups is 1. The van der Waals surface area contributed by atoms with Crippen molar-refractivity contribution in [3.05, 3.63) is 63.8 Å². The van der Waals surface area contributed by atoms with Crippen LogP contribution in [0.5, 0.6) is 0 Å². The topological polar surface area (TPSA) is 55.1 Å². The number of benzene rings is 1. The second-order valence-corrected chi connectivity index (χ2v) is 6.03. The maximum absolute atomic E-state index is 12.3. The van der Waals surface area contributed by atoms with Crippen molar-refractivity contribution in [2.45, 2.75) is 13.5 Å². The van der Waals surface area contributed by atoms with Gasteiger partial charge in [-0.2, -0.15) is 0 Å². The van der Waals surface area contributed by atoms with Gasteiger partial charge in [-0.05, 0) is 30.0 Å². The minimum atomic E-state index is -0.274. The predicted molar refractivity (Wildman–Crippen MR) is 87.2 cm³/mol. The normalized spacial score (nSPS) is 10.6. The highest BCUT2D eigenvalue weighted by Crippen LogP contribution is 2.26. The summed E-state index contributed by atoms with van der Waals surface area (Å²) in [5.74, 6) is 0.694. The van der Waals surface area contributed by atoms with Crippen molar-refractivity contribution in [3.8, 4) is 10.8 Å². The number of amides is 1. The van der Waals surface area contributed by atoms with Crippen molar-refractivity contribution in [2.24, 2.45) is 0 Å². The van der Waals surface area contributed by atoms with E-state index in [-0.39, 0.29) is 5.91 Å². The number of nitrogens with one attached hydrogen (secondary N) is 1. The Bertz CT molecular complexity index is 796. The van der Waals surface area contributed by atoms with Gasteiger partial charge < -0.3 is 9.73 Å². The number of aryl methyl sites for hydroxylation is 1. The van der Waals surface area contributed by atoms with Crippen LogP contribution in [-0.4, -0.2) is 10.9 Å². The van der Waals surface area contributed by atoms with Gasteiger partial charge in [0.1, 0.15) is 5.76 Å². The van der Waals surface area contributed by atoms with Crippen LogP contribution in [0.1, 0.15) is 21.8 Å². The average Bonchev–Trinajstić information content (AvgIpc) is 3.15. The minimum Gasteiger partial charge on any atom is -0.440 e. The van der Waals surface area contributed by atoms with Gasteiger partial charge in [0.25, 0.3) is 5.91 Å². The molecule has 0 aliphatic rings. The van der Waals surface area contributed by atoms with Crippen molar-refractivity contribution in [1.29, 1.82) is 0 Å². The zero-order valence-electron chi connectivity index (χ0n) is 11.8. The molecule has 0 unspecified atom stereocenters. The largest absolute Gasteiger partial charge is 0.440 e. The second kappa shape index (κ2) is 6.34. The van der Waals surface area contributed by atoms with E-state index >= 15 is 0 Å². The number of thiophene rings is 1. The minimum absolute atomic E-state index is 0.274. The lowest BCUT2D eigenvalue weighted by molar-refractivity contribution is 0.0945. The molecule has 0 atom stereocenters. The van der Waals surface area contributed by atoms with Crippen molar-refractivity contribution in [3.63, 3.8) is 0 Å². The second-order valence-electron chi connectivity index (χ2n) is 4.68. The van der Waals surface area contributed by atoms with E-state index in [1.165, 1.54) is 11.3 Å². The Balaban J connectivity index is 1.74. The van der Waals surface area contributed by atoms with Crippen molar-refractivity contribution < 1.29 is 9.21 Å². The highest BCUT2D eigenvalue weighted by atomic mass is 35.5. The lowest BCUT2D eigenvalue weighted by Crippen LogP contribution is -2.24. The summed E-state index contributed by atoms with van der Waals surface area (Å²) in [6.07, 6.45) is 0. The first-order valence-corrected chi connectivity index (χ1v) is 7.94. The molecule has 0 aliphatic heterocycles. The summed E-state index contributed by atoms with van der Waals surface area (Å²) in [5.41, 5.74) is 1.16. The van der Waals surface area contributed by atoms with Gasteiger partial charge in [0.05, 0.1) is 4.88 Å². The van der Waals surface area contributed by atoms with E-state index in [9.17, 15) is 4.79 Å². The van der Waals surface area contributed by atoms with Gasteiger partial charge in [-0.3, -0.25) is 4.79 Å². The summed E-state index contributed by atoms with van der Waals surface area (Å²) < 4.78 is 5.57. The van der Waals surface area contributed by atoms with Crippen LogP contribution in [0.3, 0.4) is 0 Å². The van der Waals surface area contributed by atoms with E-state index in [2.05, 4.69) is 10.3 Å². The maximum atomic E-state index is 12.3. The van der Waals surface area contributed by atoms with Gasteiger partial charge in [-0.1, -0.05) is 35.9 Å². The molecular formula is C16H13ClN2O2S. The first kappa shape index (κ1) is 14.8. The number of oxazole rings is 1. The zero-order valence-corrected chi connectivity index (χ0v) is 13.4. The van der Waals surface area contributed by atoms with Crippen LogP contribution in [0.4, 0.5) is 0 Å². The Morgan fingerprint density at radius 1 is 1.32 bits per heavy atom. The summed E-state index contributed by atoms with van der Waals surface area (Å²) >= 11 is 7.59. The highest BCUT2D eigenvalue weighted by molar-refractivity contribution is 7.13. The van der Waals surface area contributed by atoms with E-state index in [1.807, 2.05) is 35.7 Å². The molecule has 0 spiro atoms. The molecule has 3 rings (SSSR count). The van der Waals surface area contributed by atoms with E-state index in [0.29, 0.717) is 28.9 Å². The van der Waals surface area contributed by atoms with Crippen molar-refractivity contribution >= 4 is 28.8 Å². The summed E-state index contributed by atoms with van der Waals surface area (Å²) in [7, 11) is 0. The standard InChI is InChI=1S/C16H13ClN2O2S/c1-10-14(19-16(21-10)13-7-4-8-22-13)15(20)18-9-11-5-2-3-6-12(11)17/h2-8H,9H2,1H3,(H,18,20). The number of hydrogen-bond acceptors (Lipinski definition) is 4. The molecule has 2 heterocycles. The van der Waals surface area contributed by atoms with Crippen LogP contribution < -0.4 is 5.32 Å². The molecule has 0 fully saturated rings. The molecular weight excluding hydrogens is 320 g/mol. The van der Waals surface area contributed by atoms with Crippen LogP contribution in [0.15, 0.2) is 46.2 Å². The lowest BCUT2D eigenvalue weighted by Gasteiger charge is -2.05. The van der Waals surface area contributed by atoms with Crippen molar-refractivity contribution in [2.75, 3.05) is 0 Å². The quantitative estimate of drug-likeness (QED) is 0.775. The molecule has 1 N–H and O–H groups in total. The molecule has 1 aromatic carbocycles. The van der Waals surface area contributed by atoms with Crippen LogP contribution in [0.25, 0.3) is 10.8 Å². The molecule has 0 bridgehead atoms. The van der Waals surface area contributed by atoms with Crippen LogP contribution in [-0.2, 0) is 6.54 Å². The third-order valence-corrected chi connectivity index (χ3v) is 4.37. The highest BCUT2D eigenvalue weighted by Gasteiger charge is 2.18. The molecule has 0 saturated heterocycles. The third-order valence-electron chi connectivity index (χ3n) is 3.14. The number of rotatable bonds is 4. The fraction of sp³-hybridized carbons (Fsp3) is 0.125. The summed E-state index contributed by atoms with van der Waals surface area (Å²) in [6.45, 7) is 2.08. The molecule has 0 saturated carbocycles. The Morgan fingerprint density at radius 3 is 2.86 bits per heavy atom. The number of aromatic nitrogens is 1.